The molecule has 0 amide bonds. The fourth-order valence-corrected chi connectivity index (χ4v) is 3.31. The lowest BCUT2D eigenvalue weighted by Crippen LogP contribution is -2.37. The van der Waals surface area contributed by atoms with Crippen molar-refractivity contribution < 1.29 is 4.39 Å². The summed E-state index contributed by atoms with van der Waals surface area (Å²) in [7, 11) is 0. The van der Waals surface area contributed by atoms with E-state index >= 15 is 0 Å². The highest BCUT2D eigenvalue weighted by molar-refractivity contribution is 7.99. The van der Waals surface area contributed by atoms with Crippen molar-refractivity contribution >= 4 is 11.8 Å². The van der Waals surface area contributed by atoms with Gasteiger partial charge in [0.1, 0.15) is 5.82 Å². The highest BCUT2D eigenvalue weighted by Gasteiger charge is 2.17. The molecule has 1 heterocycles. The molecular weight excluding hydrogens is 221 g/mol. The predicted octanol–water partition coefficient (Wildman–Crippen LogP) is 2.85. The van der Waals surface area contributed by atoms with Gasteiger partial charge in [-0.2, -0.15) is 11.8 Å². The van der Waals surface area contributed by atoms with Gasteiger partial charge in [-0.1, -0.05) is 12.1 Å². The average Bonchev–Trinajstić information content (AvgIpc) is 2.70. The number of nitrogens with one attached hydrogen (secondary N) is 1. The molecule has 1 saturated heterocycles. The molecule has 0 aromatic heterocycles. The van der Waals surface area contributed by atoms with Crippen molar-refractivity contribution in [3.05, 3.63) is 35.6 Å². The topological polar surface area (TPSA) is 12.0 Å². The van der Waals surface area contributed by atoms with Crippen LogP contribution in [-0.4, -0.2) is 23.6 Å². The molecular formula is C13H18FNS. The summed E-state index contributed by atoms with van der Waals surface area (Å²) < 4.78 is 13.0. The number of thioether (sulfide) groups is 1. The minimum Gasteiger partial charge on any atom is -0.310 e. The van der Waals surface area contributed by atoms with E-state index in [1.807, 2.05) is 17.8 Å². The van der Waals surface area contributed by atoms with Crippen molar-refractivity contribution in [1.82, 2.24) is 5.32 Å². The van der Waals surface area contributed by atoms with Crippen LogP contribution < -0.4 is 5.32 Å². The van der Waals surface area contributed by atoms with Crippen LogP contribution in [0.15, 0.2) is 24.3 Å². The Morgan fingerprint density at radius 1 is 1.56 bits per heavy atom. The van der Waals surface area contributed by atoms with E-state index in [1.165, 1.54) is 24.0 Å². The number of benzene rings is 1. The molecule has 1 nitrogen and oxygen atoms in total. The Kier molecular flexibility index (Phi) is 4.24. The third-order valence-corrected chi connectivity index (χ3v) is 4.04. The molecule has 0 aliphatic carbocycles. The van der Waals surface area contributed by atoms with Gasteiger partial charge in [0.05, 0.1) is 0 Å². The third kappa shape index (κ3) is 3.49. The molecule has 3 heteroatoms. The van der Waals surface area contributed by atoms with Crippen LogP contribution in [0.2, 0.25) is 0 Å². The summed E-state index contributed by atoms with van der Waals surface area (Å²) in [5, 5.41) is 3.60. The quantitative estimate of drug-likeness (QED) is 0.867. The van der Waals surface area contributed by atoms with E-state index in [0.29, 0.717) is 12.1 Å². The maximum Gasteiger partial charge on any atom is 0.123 e. The lowest BCUT2D eigenvalue weighted by atomic mass is 10.1. The number of rotatable bonds is 4. The Balaban J connectivity index is 1.84. The molecule has 1 aromatic rings. The normalized spacial score (nSPS) is 22.2. The minimum absolute atomic E-state index is 0.138. The van der Waals surface area contributed by atoms with E-state index in [9.17, 15) is 4.39 Å². The summed E-state index contributed by atoms with van der Waals surface area (Å²) in [4.78, 5) is 0. The Morgan fingerprint density at radius 2 is 2.44 bits per heavy atom. The molecule has 0 bridgehead atoms. The summed E-state index contributed by atoms with van der Waals surface area (Å²) in [6.07, 6.45) is 2.16. The smallest absolute Gasteiger partial charge is 0.123 e. The van der Waals surface area contributed by atoms with Gasteiger partial charge in [-0.3, -0.25) is 0 Å². The Hall–Kier alpha value is -0.540. The zero-order chi connectivity index (χ0) is 11.4. The number of hydrogen-bond donors (Lipinski definition) is 1. The molecule has 88 valence electrons. The Labute approximate surface area is 101 Å². The molecule has 1 N–H and O–H groups in total. The second kappa shape index (κ2) is 5.69. The van der Waals surface area contributed by atoms with Crippen LogP contribution in [0.25, 0.3) is 0 Å². The van der Waals surface area contributed by atoms with Gasteiger partial charge in [-0.25, -0.2) is 4.39 Å². The molecule has 2 unspecified atom stereocenters. The Morgan fingerprint density at radius 3 is 3.12 bits per heavy atom. The zero-order valence-electron chi connectivity index (χ0n) is 9.58. The molecule has 16 heavy (non-hydrogen) atoms. The summed E-state index contributed by atoms with van der Waals surface area (Å²) in [5.41, 5.74) is 1.07. The van der Waals surface area contributed by atoms with Crippen molar-refractivity contribution in [2.75, 3.05) is 11.5 Å². The van der Waals surface area contributed by atoms with Crippen LogP contribution in [0, 0.1) is 5.82 Å². The average molecular weight is 239 g/mol. The van der Waals surface area contributed by atoms with Gasteiger partial charge < -0.3 is 5.32 Å². The first-order chi connectivity index (χ1) is 7.74. The molecule has 1 aliphatic rings. The van der Waals surface area contributed by atoms with Gasteiger partial charge in [0.25, 0.3) is 0 Å². The number of hydrogen-bond acceptors (Lipinski definition) is 2. The van der Waals surface area contributed by atoms with Crippen LogP contribution in [-0.2, 0) is 6.42 Å². The van der Waals surface area contributed by atoms with Crippen LogP contribution in [0.3, 0.4) is 0 Å². The van der Waals surface area contributed by atoms with Crippen molar-refractivity contribution in [2.24, 2.45) is 0 Å². The van der Waals surface area contributed by atoms with E-state index in [2.05, 4.69) is 12.2 Å². The predicted molar refractivity (Wildman–Crippen MR) is 68.4 cm³/mol. The zero-order valence-corrected chi connectivity index (χ0v) is 10.4. The van der Waals surface area contributed by atoms with E-state index in [1.54, 1.807) is 12.1 Å². The first-order valence-electron chi connectivity index (χ1n) is 5.82. The minimum atomic E-state index is -0.138. The molecule has 1 aromatic carbocycles. The van der Waals surface area contributed by atoms with E-state index in [4.69, 9.17) is 0 Å². The second-order valence-electron chi connectivity index (χ2n) is 4.46. The van der Waals surface area contributed by atoms with Gasteiger partial charge in [-0.15, -0.1) is 0 Å². The first-order valence-corrected chi connectivity index (χ1v) is 6.98. The highest BCUT2D eigenvalue weighted by Crippen LogP contribution is 2.18. The van der Waals surface area contributed by atoms with E-state index < -0.39 is 0 Å². The number of halogens is 1. The van der Waals surface area contributed by atoms with Gasteiger partial charge in [0.15, 0.2) is 0 Å². The molecule has 2 atom stereocenters. The summed E-state index contributed by atoms with van der Waals surface area (Å²) in [5.74, 6) is 2.35. The highest BCUT2D eigenvalue weighted by atomic mass is 32.2. The molecule has 1 fully saturated rings. The lowest BCUT2D eigenvalue weighted by Gasteiger charge is -2.18. The second-order valence-corrected chi connectivity index (χ2v) is 5.61. The van der Waals surface area contributed by atoms with E-state index in [-0.39, 0.29) is 5.82 Å². The molecule has 0 spiro atoms. The van der Waals surface area contributed by atoms with Gasteiger partial charge in [0.2, 0.25) is 0 Å². The molecule has 1 aliphatic heterocycles. The van der Waals surface area contributed by atoms with Gasteiger partial charge in [0, 0.05) is 17.8 Å². The van der Waals surface area contributed by atoms with Crippen molar-refractivity contribution in [1.29, 1.82) is 0 Å². The molecule has 0 saturated carbocycles. The Bertz CT molecular complexity index is 336. The molecule has 2 rings (SSSR count). The van der Waals surface area contributed by atoms with Crippen LogP contribution in [0.4, 0.5) is 4.39 Å². The van der Waals surface area contributed by atoms with Crippen molar-refractivity contribution in [2.45, 2.75) is 31.8 Å². The van der Waals surface area contributed by atoms with E-state index in [0.717, 1.165) is 12.0 Å². The third-order valence-electron chi connectivity index (χ3n) is 2.88. The largest absolute Gasteiger partial charge is 0.310 e. The fourth-order valence-electron chi connectivity index (χ4n) is 2.14. The lowest BCUT2D eigenvalue weighted by molar-refractivity contribution is 0.469. The van der Waals surface area contributed by atoms with Crippen LogP contribution >= 0.6 is 11.8 Å². The van der Waals surface area contributed by atoms with Crippen molar-refractivity contribution in [3.8, 4) is 0 Å². The summed E-state index contributed by atoms with van der Waals surface area (Å²) in [6.45, 7) is 2.17. The SMILES string of the molecule is CC(Cc1cccc(F)c1)NC1CCSC1. The van der Waals surface area contributed by atoms with Crippen LogP contribution in [0.1, 0.15) is 18.9 Å². The van der Waals surface area contributed by atoms with Gasteiger partial charge >= 0.3 is 0 Å². The van der Waals surface area contributed by atoms with Gasteiger partial charge in [-0.05, 0) is 43.2 Å². The first kappa shape index (κ1) is 11.9. The summed E-state index contributed by atoms with van der Waals surface area (Å²) in [6, 6.07) is 7.96. The summed E-state index contributed by atoms with van der Waals surface area (Å²) >= 11 is 2.01. The fraction of sp³-hybridized carbons (Fsp3) is 0.538. The monoisotopic (exact) mass is 239 g/mol. The maximum absolute atomic E-state index is 13.0. The molecule has 0 radical (unpaired) electrons. The standard InChI is InChI=1S/C13H18FNS/c1-10(15-13-5-6-16-9-13)7-11-3-2-4-12(14)8-11/h2-4,8,10,13,15H,5-7,9H2,1H3. The maximum atomic E-state index is 13.0. The van der Waals surface area contributed by atoms with Crippen molar-refractivity contribution in [3.63, 3.8) is 0 Å². The van der Waals surface area contributed by atoms with Crippen LogP contribution in [0.5, 0.6) is 0 Å².